The van der Waals surface area contributed by atoms with Crippen molar-refractivity contribution in [1.82, 2.24) is 9.29 Å². The number of anilines is 1. The van der Waals surface area contributed by atoms with Crippen molar-refractivity contribution < 1.29 is 19.0 Å². The monoisotopic (exact) mass is 461 g/mol. The molecule has 9 heteroatoms. The van der Waals surface area contributed by atoms with Crippen LogP contribution in [-0.4, -0.2) is 54.3 Å². The summed E-state index contributed by atoms with van der Waals surface area (Å²) >= 11 is 7.72. The SMILES string of the molecule is CCOC(=O)c1[nH]c2c(N)cc(Cl)cc2c1SN1CCOC(COc2ccccc2)C1. The molecule has 2 aromatic carbocycles. The molecule has 3 aromatic rings. The van der Waals surface area contributed by atoms with Crippen LogP contribution in [0, 0.1) is 0 Å². The lowest BCUT2D eigenvalue weighted by molar-refractivity contribution is -0.0224. The van der Waals surface area contributed by atoms with Crippen LogP contribution in [0.4, 0.5) is 5.69 Å². The number of morpholine rings is 1. The molecule has 0 radical (unpaired) electrons. The molecule has 3 N–H and O–H groups in total. The Morgan fingerprint density at radius 3 is 2.94 bits per heavy atom. The third-order valence-corrected chi connectivity index (χ3v) is 6.25. The predicted octanol–water partition coefficient (Wildman–Crippen LogP) is 4.37. The van der Waals surface area contributed by atoms with Crippen LogP contribution in [0.1, 0.15) is 17.4 Å². The number of rotatable bonds is 7. The molecule has 1 aliphatic rings. The number of carbonyl (C=O) groups is 1. The molecule has 0 saturated carbocycles. The van der Waals surface area contributed by atoms with Gasteiger partial charge < -0.3 is 24.9 Å². The Kier molecular flexibility index (Phi) is 6.92. The lowest BCUT2D eigenvalue weighted by atomic mass is 10.2. The maximum absolute atomic E-state index is 12.6. The third-order valence-electron chi connectivity index (χ3n) is 4.84. The third kappa shape index (κ3) is 5.10. The summed E-state index contributed by atoms with van der Waals surface area (Å²) in [7, 11) is 0. The molecule has 1 aliphatic heterocycles. The highest BCUT2D eigenvalue weighted by atomic mass is 35.5. The fraction of sp³-hybridized carbons (Fsp3) is 0.318. The van der Waals surface area contributed by atoms with Gasteiger partial charge in [0.05, 0.1) is 29.3 Å². The second-order valence-corrected chi connectivity index (χ2v) is 8.61. The van der Waals surface area contributed by atoms with E-state index in [1.807, 2.05) is 36.4 Å². The van der Waals surface area contributed by atoms with Gasteiger partial charge in [0.25, 0.3) is 0 Å². The number of nitrogens with one attached hydrogen (secondary N) is 1. The zero-order valence-corrected chi connectivity index (χ0v) is 18.7. The molecule has 0 spiro atoms. The average molecular weight is 462 g/mol. The van der Waals surface area contributed by atoms with Crippen molar-refractivity contribution >= 4 is 46.1 Å². The molecule has 4 rings (SSSR count). The molecule has 1 aromatic heterocycles. The number of hydrogen-bond donors (Lipinski definition) is 2. The lowest BCUT2D eigenvalue weighted by Gasteiger charge is -2.31. The summed E-state index contributed by atoms with van der Waals surface area (Å²) in [5.74, 6) is 0.385. The minimum absolute atomic E-state index is 0.0913. The van der Waals surface area contributed by atoms with Crippen LogP contribution in [0.3, 0.4) is 0 Å². The van der Waals surface area contributed by atoms with Crippen molar-refractivity contribution in [3.8, 4) is 5.75 Å². The Morgan fingerprint density at radius 2 is 2.16 bits per heavy atom. The second kappa shape index (κ2) is 9.82. The number of hydrogen-bond acceptors (Lipinski definition) is 7. The average Bonchev–Trinajstić information content (AvgIpc) is 3.12. The first-order valence-corrected chi connectivity index (χ1v) is 11.2. The number of H-pyrrole nitrogens is 1. The van der Waals surface area contributed by atoms with Gasteiger partial charge in [0.2, 0.25) is 0 Å². The number of aromatic nitrogens is 1. The summed E-state index contributed by atoms with van der Waals surface area (Å²) in [5.41, 5.74) is 7.67. The number of ether oxygens (including phenoxy) is 3. The Morgan fingerprint density at radius 1 is 1.35 bits per heavy atom. The van der Waals surface area contributed by atoms with E-state index in [1.165, 1.54) is 11.9 Å². The van der Waals surface area contributed by atoms with Gasteiger partial charge in [-0.25, -0.2) is 9.10 Å². The largest absolute Gasteiger partial charge is 0.491 e. The fourth-order valence-electron chi connectivity index (χ4n) is 3.42. The van der Waals surface area contributed by atoms with Crippen molar-refractivity contribution in [3.63, 3.8) is 0 Å². The van der Waals surface area contributed by atoms with Gasteiger partial charge in [-0.3, -0.25) is 0 Å². The zero-order chi connectivity index (χ0) is 21.8. The van der Waals surface area contributed by atoms with E-state index in [1.54, 1.807) is 13.0 Å². The highest BCUT2D eigenvalue weighted by Crippen LogP contribution is 2.38. The highest BCUT2D eigenvalue weighted by molar-refractivity contribution is 7.97. The number of nitrogens with zero attached hydrogens (tertiary/aromatic N) is 1. The number of benzene rings is 2. The fourth-order valence-corrected chi connectivity index (χ4v) is 4.79. The molecule has 7 nitrogen and oxygen atoms in total. The molecule has 1 atom stereocenters. The highest BCUT2D eigenvalue weighted by Gasteiger charge is 2.27. The topological polar surface area (TPSA) is 89.8 Å². The summed E-state index contributed by atoms with van der Waals surface area (Å²) in [5, 5.41) is 1.30. The first kappa shape index (κ1) is 21.8. The molecular weight excluding hydrogens is 438 g/mol. The van der Waals surface area contributed by atoms with Crippen LogP contribution < -0.4 is 10.5 Å². The van der Waals surface area contributed by atoms with Crippen molar-refractivity contribution in [1.29, 1.82) is 0 Å². The zero-order valence-electron chi connectivity index (χ0n) is 17.1. The van der Waals surface area contributed by atoms with E-state index in [0.29, 0.717) is 48.2 Å². The second-order valence-electron chi connectivity index (χ2n) is 7.06. The molecule has 0 aliphatic carbocycles. The summed E-state index contributed by atoms with van der Waals surface area (Å²) in [6, 6.07) is 13.1. The summed E-state index contributed by atoms with van der Waals surface area (Å²) < 4.78 is 19.1. The van der Waals surface area contributed by atoms with E-state index in [-0.39, 0.29) is 12.7 Å². The van der Waals surface area contributed by atoms with Crippen molar-refractivity contribution in [2.75, 3.05) is 38.6 Å². The molecule has 1 fully saturated rings. The molecule has 0 amide bonds. The van der Waals surface area contributed by atoms with Crippen molar-refractivity contribution in [2.45, 2.75) is 17.9 Å². The minimum atomic E-state index is -0.422. The quantitative estimate of drug-likeness (QED) is 0.307. The Bertz CT molecular complexity index is 1060. The van der Waals surface area contributed by atoms with Gasteiger partial charge in [0.15, 0.2) is 0 Å². The van der Waals surface area contributed by atoms with Gasteiger partial charge in [0.1, 0.15) is 24.2 Å². The van der Waals surface area contributed by atoms with E-state index in [4.69, 9.17) is 31.5 Å². The van der Waals surface area contributed by atoms with Gasteiger partial charge in [-0.1, -0.05) is 29.8 Å². The lowest BCUT2D eigenvalue weighted by Crippen LogP contribution is -2.41. The van der Waals surface area contributed by atoms with Gasteiger partial charge in [0, 0.05) is 23.5 Å². The summed E-state index contributed by atoms with van der Waals surface area (Å²) in [4.78, 5) is 16.5. The van der Waals surface area contributed by atoms with Gasteiger partial charge >= 0.3 is 5.97 Å². The first-order chi connectivity index (χ1) is 15.0. The number of carbonyl (C=O) groups excluding carboxylic acids is 1. The van der Waals surface area contributed by atoms with Gasteiger partial charge in [-0.05, 0) is 43.1 Å². The van der Waals surface area contributed by atoms with Gasteiger partial charge in [-0.15, -0.1) is 0 Å². The smallest absolute Gasteiger partial charge is 0.355 e. The molecule has 31 heavy (non-hydrogen) atoms. The van der Waals surface area contributed by atoms with E-state index in [9.17, 15) is 4.79 Å². The molecule has 0 bridgehead atoms. The molecular formula is C22H24ClN3O4S. The molecule has 1 saturated heterocycles. The Labute approximate surface area is 189 Å². The normalized spacial score (nSPS) is 17.0. The molecule has 1 unspecified atom stereocenters. The maximum Gasteiger partial charge on any atom is 0.355 e. The maximum atomic E-state index is 12.6. The standard InChI is InChI=1S/C22H24ClN3O4S/c1-2-28-22(27)20-21(17-10-14(23)11-18(24)19(17)25-20)31-26-8-9-29-16(12-26)13-30-15-6-4-3-5-7-15/h3-7,10-11,16,25H,2,8-9,12-13,24H2,1H3. The summed E-state index contributed by atoms with van der Waals surface area (Å²) in [6.07, 6.45) is -0.0913. The Balaban J connectivity index is 1.54. The van der Waals surface area contributed by atoms with E-state index in [2.05, 4.69) is 9.29 Å². The van der Waals surface area contributed by atoms with Crippen molar-refractivity contribution in [2.24, 2.45) is 0 Å². The van der Waals surface area contributed by atoms with Crippen LogP contribution in [0.15, 0.2) is 47.4 Å². The van der Waals surface area contributed by atoms with E-state index in [0.717, 1.165) is 16.0 Å². The number of fused-ring (bicyclic) bond motifs is 1. The van der Waals surface area contributed by atoms with Gasteiger partial charge in [-0.2, -0.15) is 0 Å². The van der Waals surface area contributed by atoms with Crippen LogP contribution in [0.2, 0.25) is 5.02 Å². The van der Waals surface area contributed by atoms with Crippen LogP contribution in [0.25, 0.3) is 10.9 Å². The van der Waals surface area contributed by atoms with Crippen LogP contribution in [-0.2, 0) is 9.47 Å². The minimum Gasteiger partial charge on any atom is -0.491 e. The number of nitrogen functional groups attached to an aromatic ring is 1. The number of para-hydroxylation sites is 1. The van der Waals surface area contributed by atoms with E-state index < -0.39 is 5.97 Å². The number of halogens is 1. The predicted molar refractivity (Wildman–Crippen MR) is 123 cm³/mol. The van der Waals surface area contributed by atoms with E-state index >= 15 is 0 Å². The number of aromatic amines is 1. The van der Waals surface area contributed by atoms with Crippen molar-refractivity contribution in [3.05, 3.63) is 53.2 Å². The van der Waals surface area contributed by atoms with Crippen LogP contribution >= 0.6 is 23.5 Å². The Hall–Kier alpha value is -2.39. The summed E-state index contributed by atoms with van der Waals surface area (Å²) in [6.45, 7) is 4.41. The van der Waals surface area contributed by atoms with Crippen LogP contribution in [0.5, 0.6) is 5.75 Å². The molecule has 2 heterocycles. The first-order valence-electron chi connectivity index (χ1n) is 10.0. The number of esters is 1. The number of nitrogens with two attached hydrogens (primary N) is 1. The molecule has 164 valence electrons.